The minimum atomic E-state index is -0.215. The predicted molar refractivity (Wildman–Crippen MR) is 62.5 cm³/mol. The fourth-order valence-corrected chi connectivity index (χ4v) is 1.98. The van der Waals surface area contributed by atoms with Crippen LogP contribution in [0.3, 0.4) is 0 Å². The van der Waals surface area contributed by atoms with Crippen LogP contribution in [0.25, 0.3) is 0 Å². The van der Waals surface area contributed by atoms with Crippen LogP contribution >= 0.6 is 0 Å². The van der Waals surface area contributed by atoms with E-state index in [0.29, 0.717) is 18.1 Å². The van der Waals surface area contributed by atoms with Crippen LogP contribution in [0.15, 0.2) is 16.5 Å². The smallest absolute Gasteiger partial charge is 0.287 e. The van der Waals surface area contributed by atoms with E-state index < -0.39 is 0 Å². The molecule has 1 aliphatic rings. The molecule has 1 aromatic rings. The summed E-state index contributed by atoms with van der Waals surface area (Å²) in [6.45, 7) is 3.03. The zero-order valence-corrected chi connectivity index (χ0v) is 9.94. The molecule has 3 N–H and O–H groups in total. The van der Waals surface area contributed by atoms with Crippen LogP contribution in [0.5, 0.6) is 0 Å². The Kier molecular flexibility index (Phi) is 3.81. The monoisotopic (exact) mass is 238 g/mol. The molecule has 2 unspecified atom stereocenters. The Hall–Kier alpha value is -1.33. The molecule has 0 bridgehead atoms. The molecule has 2 heterocycles. The van der Waals surface area contributed by atoms with Crippen LogP contribution in [-0.4, -0.2) is 24.7 Å². The van der Waals surface area contributed by atoms with E-state index in [2.05, 4.69) is 5.32 Å². The van der Waals surface area contributed by atoms with E-state index in [0.717, 1.165) is 19.4 Å². The van der Waals surface area contributed by atoms with Gasteiger partial charge in [0.05, 0.1) is 18.7 Å². The van der Waals surface area contributed by atoms with E-state index in [1.54, 1.807) is 12.1 Å². The van der Waals surface area contributed by atoms with Gasteiger partial charge in [-0.25, -0.2) is 0 Å². The van der Waals surface area contributed by atoms with Crippen molar-refractivity contribution in [2.75, 3.05) is 6.61 Å². The lowest BCUT2D eigenvalue weighted by Crippen LogP contribution is -2.40. The lowest BCUT2D eigenvalue weighted by molar-refractivity contribution is 0.0696. The Labute approximate surface area is 100 Å². The van der Waals surface area contributed by atoms with Crippen LogP contribution in [-0.2, 0) is 11.3 Å². The van der Waals surface area contributed by atoms with Crippen molar-refractivity contribution in [3.8, 4) is 0 Å². The number of hydrogen-bond acceptors (Lipinski definition) is 4. The van der Waals surface area contributed by atoms with E-state index in [4.69, 9.17) is 14.9 Å². The molecule has 1 aliphatic heterocycles. The first-order valence-corrected chi connectivity index (χ1v) is 5.92. The largest absolute Gasteiger partial charge is 0.455 e. The molecule has 0 radical (unpaired) electrons. The maximum absolute atomic E-state index is 11.8. The van der Waals surface area contributed by atoms with Crippen molar-refractivity contribution >= 4 is 5.91 Å². The van der Waals surface area contributed by atoms with Crippen molar-refractivity contribution in [3.05, 3.63) is 23.7 Å². The second-order valence-electron chi connectivity index (χ2n) is 4.28. The quantitative estimate of drug-likeness (QED) is 0.821. The minimum absolute atomic E-state index is 0.00331. The Morgan fingerprint density at radius 3 is 3.06 bits per heavy atom. The van der Waals surface area contributed by atoms with Gasteiger partial charge in [0.1, 0.15) is 5.76 Å². The average Bonchev–Trinajstić information content (AvgIpc) is 3.00. The standard InChI is InChI=1S/C12H18N2O3/c1-8(10-3-2-6-16-10)14-12(15)11-5-4-9(7-13)17-11/h4-5,8,10H,2-3,6-7,13H2,1H3,(H,14,15). The molecule has 1 amide bonds. The maximum atomic E-state index is 11.8. The molecule has 5 nitrogen and oxygen atoms in total. The van der Waals surface area contributed by atoms with Crippen molar-refractivity contribution < 1.29 is 13.9 Å². The number of ether oxygens (including phenoxy) is 1. The summed E-state index contributed by atoms with van der Waals surface area (Å²) in [6.07, 6.45) is 2.17. The summed E-state index contributed by atoms with van der Waals surface area (Å²) >= 11 is 0. The lowest BCUT2D eigenvalue weighted by Gasteiger charge is -2.19. The summed E-state index contributed by atoms with van der Waals surface area (Å²) in [5, 5.41) is 2.88. The molecule has 0 spiro atoms. The van der Waals surface area contributed by atoms with Gasteiger partial charge in [0.2, 0.25) is 0 Å². The maximum Gasteiger partial charge on any atom is 0.287 e. The zero-order chi connectivity index (χ0) is 12.3. The summed E-state index contributed by atoms with van der Waals surface area (Å²) in [7, 11) is 0. The van der Waals surface area contributed by atoms with Crippen LogP contribution < -0.4 is 11.1 Å². The van der Waals surface area contributed by atoms with Crippen LogP contribution in [0.4, 0.5) is 0 Å². The van der Waals surface area contributed by atoms with Gasteiger partial charge in [-0.1, -0.05) is 0 Å². The van der Waals surface area contributed by atoms with Gasteiger partial charge < -0.3 is 20.2 Å². The van der Waals surface area contributed by atoms with E-state index in [1.165, 1.54) is 0 Å². The summed E-state index contributed by atoms with van der Waals surface area (Å²) in [4.78, 5) is 11.8. The van der Waals surface area contributed by atoms with Gasteiger partial charge >= 0.3 is 0 Å². The SMILES string of the molecule is CC(NC(=O)c1ccc(CN)o1)C1CCCO1. The summed E-state index contributed by atoms with van der Waals surface area (Å²) in [5.41, 5.74) is 5.42. The molecule has 2 atom stereocenters. The van der Waals surface area contributed by atoms with Crippen molar-refractivity contribution in [1.29, 1.82) is 0 Å². The van der Waals surface area contributed by atoms with Gasteiger partial charge in [-0.15, -0.1) is 0 Å². The van der Waals surface area contributed by atoms with Crippen LogP contribution in [0, 0.1) is 0 Å². The molecule has 17 heavy (non-hydrogen) atoms. The highest BCUT2D eigenvalue weighted by Crippen LogP contribution is 2.16. The fraction of sp³-hybridized carbons (Fsp3) is 0.583. The molecule has 1 fully saturated rings. The molecule has 1 aromatic heterocycles. The lowest BCUT2D eigenvalue weighted by atomic mass is 10.1. The highest BCUT2D eigenvalue weighted by Gasteiger charge is 2.24. The molecule has 94 valence electrons. The highest BCUT2D eigenvalue weighted by molar-refractivity contribution is 5.91. The Bertz CT molecular complexity index is 383. The zero-order valence-electron chi connectivity index (χ0n) is 9.94. The van der Waals surface area contributed by atoms with Gasteiger partial charge in [-0.05, 0) is 31.9 Å². The molecule has 5 heteroatoms. The van der Waals surface area contributed by atoms with Crippen molar-refractivity contribution in [2.45, 2.75) is 38.5 Å². The van der Waals surface area contributed by atoms with Gasteiger partial charge in [0.15, 0.2) is 5.76 Å². The molecule has 2 rings (SSSR count). The Morgan fingerprint density at radius 1 is 1.65 bits per heavy atom. The summed E-state index contributed by atoms with van der Waals surface area (Å²) in [6, 6.07) is 3.35. The molecule has 0 aliphatic carbocycles. The number of carbonyl (C=O) groups is 1. The van der Waals surface area contributed by atoms with Crippen molar-refractivity contribution in [2.24, 2.45) is 5.73 Å². The van der Waals surface area contributed by atoms with Crippen molar-refractivity contribution in [3.63, 3.8) is 0 Å². The third-order valence-electron chi connectivity index (χ3n) is 2.97. The van der Waals surface area contributed by atoms with E-state index in [9.17, 15) is 4.79 Å². The van der Waals surface area contributed by atoms with Gasteiger partial charge in [-0.3, -0.25) is 4.79 Å². The van der Waals surface area contributed by atoms with Crippen LogP contribution in [0.1, 0.15) is 36.1 Å². The Balaban J connectivity index is 1.91. The van der Waals surface area contributed by atoms with Gasteiger partial charge in [0, 0.05) is 6.61 Å². The van der Waals surface area contributed by atoms with Crippen LogP contribution in [0.2, 0.25) is 0 Å². The third-order valence-corrected chi connectivity index (χ3v) is 2.97. The van der Waals surface area contributed by atoms with E-state index in [1.807, 2.05) is 6.92 Å². The van der Waals surface area contributed by atoms with Gasteiger partial charge in [0.25, 0.3) is 5.91 Å². The average molecular weight is 238 g/mol. The number of furan rings is 1. The third kappa shape index (κ3) is 2.87. The van der Waals surface area contributed by atoms with E-state index in [-0.39, 0.29) is 18.1 Å². The number of nitrogens with one attached hydrogen (secondary N) is 1. The van der Waals surface area contributed by atoms with Gasteiger partial charge in [-0.2, -0.15) is 0 Å². The summed E-state index contributed by atoms with van der Waals surface area (Å²) < 4.78 is 10.8. The number of rotatable bonds is 4. The summed E-state index contributed by atoms with van der Waals surface area (Å²) in [5.74, 6) is 0.697. The second-order valence-corrected chi connectivity index (χ2v) is 4.28. The first-order chi connectivity index (χ1) is 8.20. The second kappa shape index (κ2) is 5.33. The molecule has 0 aromatic carbocycles. The first kappa shape index (κ1) is 12.1. The fourth-order valence-electron chi connectivity index (χ4n) is 1.98. The number of hydrogen-bond donors (Lipinski definition) is 2. The highest BCUT2D eigenvalue weighted by atomic mass is 16.5. The Morgan fingerprint density at radius 2 is 2.47 bits per heavy atom. The predicted octanol–water partition coefficient (Wildman–Crippen LogP) is 1.04. The van der Waals surface area contributed by atoms with Crippen molar-refractivity contribution in [1.82, 2.24) is 5.32 Å². The normalized spacial score (nSPS) is 21.4. The minimum Gasteiger partial charge on any atom is -0.455 e. The number of nitrogens with two attached hydrogens (primary N) is 1. The van der Waals surface area contributed by atoms with E-state index >= 15 is 0 Å². The molecular formula is C12H18N2O3. The molecule has 1 saturated heterocycles. The first-order valence-electron chi connectivity index (χ1n) is 5.92. The molecule has 0 saturated carbocycles. The number of carbonyl (C=O) groups excluding carboxylic acids is 1. The topological polar surface area (TPSA) is 77.5 Å². The number of amides is 1. The molecular weight excluding hydrogens is 220 g/mol.